The first kappa shape index (κ1) is 13.6. The lowest BCUT2D eigenvalue weighted by molar-refractivity contribution is 0.550. The fraction of sp³-hybridized carbons (Fsp3) is 0.364. The summed E-state index contributed by atoms with van der Waals surface area (Å²) < 4.78 is 24.4. The molecule has 0 aliphatic carbocycles. The molecule has 2 heterocycles. The van der Waals surface area contributed by atoms with Crippen LogP contribution in [0.25, 0.3) is 0 Å². The van der Waals surface area contributed by atoms with Crippen LogP contribution in [0.3, 0.4) is 0 Å². The Hall–Kier alpha value is -1.80. The molecule has 19 heavy (non-hydrogen) atoms. The van der Waals surface area contributed by atoms with Crippen molar-refractivity contribution in [2.75, 3.05) is 0 Å². The Balaban J connectivity index is 2.39. The maximum Gasteiger partial charge on any atom is 0.273 e. The van der Waals surface area contributed by atoms with Crippen LogP contribution >= 0.6 is 0 Å². The van der Waals surface area contributed by atoms with Crippen molar-refractivity contribution >= 4 is 10.0 Å². The second-order valence-electron chi connectivity index (χ2n) is 4.13. The third kappa shape index (κ3) is 3.15. The minimum atomic E-state index is -3.85. The van der Waals surface area contributed by atoms with Crippen molar-refractivity contribution in [1.82, 2.24) is 19.7 Å². The summed E-state index contributed by atoms with van der Waals surface area (Å²) in [7, 11) is -3.85. The van der Waals surface area contributed by atoms with Crippen molar-refractivity contribution in [3.63, 3.8) is 0 Å². The molecule has 0 unspecified atom stereocenters. The highest BCUT2D eigenvalue weighted by Crippen LogP contribution is 2.12. The highest BCUT2D eigenvalue weighted by molar-refractivity contribution is 7.89. The quantitative estimate of drug-likeness (QED) is 0.850. The molecule has 2 rings (SSSR count). The number of nitrogens with zero attached hydrogens (tertiary/aromatic N) is 4. The van der Waals surface area contributed by atoms with Gasteiger partial charge in [0.2, 0.25) is 0 Å². The summed E-state index contributed by atoms with van der Waals surface area (Å²) in [6, 6.07) is 3.71. The van der Waals surface area contributed by atoms with Crippen LogP contribution in [0.4, 0.5) is 0 Å². The van der Waals surface area contributed by atoms with Gasteiger partial charge in [-0.25, -0.2) is 13.6 Å². The minimum absolute atomic E-state index is 0.187. The molecule has 102 valence electrons. The molecule has 0 aliphatic rings. The van der Waals surface area contributed by atoms with E-state index in [4.69, 9.17) is 5.14 Å². The number of hydrogen-bond donors (Lipinski definition) is 1. The first-order valence-electron chi connectivity index (χ1n) is 5.86. The summed E-state index contributed by atoms with van der Waals surface area (Å²) >= 11 is 0. The highest BCUT2D eigenvalue weighted by atomic mass is 32.2. The molecule has 8 heteroatoms. The second-order valence-corrected chi connectivity index (χ2v) is 5.59. The predicted octanol–water partition coefficient (Wildman–Crippen LogP) is 0.321. The fourth-order valence-electron chi connectivity index (χ4n) is 1.79. The normalized spacial score (nSPS) is 11.7. The number of sulfonamides is 1. The smallest absolute Gasteiger partial charge is 0.273 e. The highest BCUT2D eigenvalue weighted by Gasteiger charge is 2.20. The Morgan fingerprint density at radius 1 is 1.37 bits per heavy atom. The summed E-state index contributed by atoms with van der Waals surface area (Å²) in [5, 5.41) is 12.5. The third-order valence-electron chi connectivity index (χ3n) is 2.58. The molecule has 2 aromatic heterocycles. The van der Waals surface area contributed by atoms with Crippen LogP contribution in [0.15, 0.2) is 29.7 Å². The van der Waals surface area contributed by atoms with E-state index in [0.29, 0.717) is 18.8 Å². The molecule has 0 spiro atoms. The zero-order valence-electron chi connectivity index (χ0n) is 10.5. The van der Waals surface area contributed by atoms with Gasteiger partial charge < -0.3 is 4.57 Å². The van der Waals surface area contributed by atoms with Crippen molar-refractivity contribution in [2.24, 2.45) is 5.14 Å². The molecule has 7 nitrogen and oxygen atoms in total. The fourth-order valence-corrected chi connectivity index (χ4v) is 2.45. The topological polar surface area (TPSA) is 104 Å². The first-order valence-corrected chi connectivity index (χ1v) is 7.40. The molecule has 0 fully saturated rings. The number of primary sulfonamides is 1. The van der Waals surface area contributed by atoms with Crippen molar-refractivity contribution in [1.29, 1.82) is 0 Å². The van der Waals surface area contributed by atoms with Gasteiger partial charge in [-0.3, -0.25) is 4.98 Å². The zero-order chi connectivity index (χ0) is 13.9. The molecule has 0 amide bonds. The largest absolute Gasteiger partial charge is 0.300 e. The maximum atomic E-state index is 11.4. The Bertz CT molecular complexity index is 651. The van der Waals surface area contributed by atoms with Gasteiger partial charge in [0.05, 0.1) is 0 Å². The summed E-state index contributed by atoms with van der Waals surface area (Å²) in [6.45, 7) is 2.45. The first-order chi connectivity index (χ1) is 9.02. The van der Waals surface area contributed by atoms with E-state index in [-0.39, 0.29) is 5.16 Å². The minimum Gasteiger partial charge on any atom is -0.300 e. The van der Waals surface area contributed by atoms with Gasteiger partial charge in [-0.05, 0) is 18.1 Å². The van der Waals surface area contributed by atoms with Crippen LogP contribution in [0.1, 0.15) is 24.7 Å². The van der Waals surface area contributed by atoms with Gasteiger partial charge in [0.1, 0.15) is 5.82 Å². The van der Waals surface area contributed by atoms with E-state index in [1.54, 1.807) is 17.0 Å². The molecule has 0 aliphatic heterocycles. The molecule has 2 N–H and O–H groups in total. The number of pyridine rings is 1. The summed E-state index contributed by atoms with van der Waals surface area (Å²) in [6.07, 6.45) is 4.62. The van der Waals surface area contributed by atoms with Crippen LogP contribution < -0.4 is 5.14 Å². The maximum absolute atomic E-state index is 11.4. The van der Waals surface area contributed by atoms with E-state index < -0.39 is 10.0 Å². The average molecular weight is 281 g/mol. The van der Waals surface area contributed by atoms with Crippen LogP contribution in [0.5, 0.6) is 0 Å². The van der Waals surface area contributed by atoms with Crippen molar-refractivity contribution < 1.29 is 8.42 Å². The summed E-state index contributed by atoms with van der Waals surface area (Å²) in [5.41, 5.74) is 0.938. The average Bonchev–Trinajstić information content (AvgIpc) is 2.74. The summed E-state index contributed by atoms with van der Waals surface area (Å²) in [5.74, 6) is 0.568. The Kier molecular flexibility index (Phi) is 3.91. The molecule has 0 saturated heterocycles. The summed E-state index contributed by atoms with van der Waals surface area (Å²) in [4.78, 5) is 4.01. The van der Waals surface area contributed by atoms with Gasteiger partial charge in [-0.1, -0.05) is 13.0 Å². The Morgan fingerprint density at radius 3 is 2.74 bits per heavy atom. The molecule has 0 bridgehead atoms. The predicted molar refractivity (Wildman–Crippen MR) is 68.7 cm³/mol. The lowest BCUT2D eigenvalue weighted by Gasteiger charge is -2.07. The third-order valence-corrected chi connectivity index (χ3v) is 3.39. The van der Waals surface area contributed by atoms with Gasteiger partial charge in [0.15, 0.2) is 0 Å². The molecular weight excluding hydrogens is 266 g/mol. The van der Waals surface area contributed by atoms with Crippen molar-refractivity contribution in [2.45, 2.75) is 31.5 Å². The van der Waals surface area contributed by atoms with Crippen LogP contribution in [0.2, 0.25) is 0 Å². The zero-order valence-corrected chi connectivity index (χ0v) is 11.3. The molecule has 0 saturated carbocycles. The molecule has 2 aromatic rings. The SMILES string of the molecule is CCCn1c(Cc2cccnc2)nnc1S(N)(=O)=O. The standard InChI is InChI=1S/C11H15N5O2S/c1-2-6-16-10(7-9-4-3-5-13-8-9)14-15-11(16)19(12,17)18/h3-5,8H,2,6-7H2,1H3,(H2,12,17,18). The van der Waals surface area contributed by atoms with Gasteiger partial charge in [0, 0.05) is 25.4 Å². The number of rotatable bonds is 5. The van der Waals surface area contributed by atoms with E-state index in [1.165, 1.54) is 0 Å². The lowest BCUT2D eigenvalue weighted by atomic mass is 10.2. The molecule has 0 atom stereocenters. The molecular formula is C11H15N5O2S. The van der Waals surface area contributed by atoms with Crippen LogP contribution in [-0.2, 0) is 23.0 Å². The Morgan fingerprint density at radius 2 is 2.16 bits per heavy atom. The molecule has 0 radical (unpaired) electrons. The van der Waals surface area contributed by atoms with Crippen molar-refractivity contribution in [3.8, 4) is 0 Å². The van der Waals surface area contributed by atoms with Gasteiger partial charge >= 0.3 is 0 Å². The van der Waals surface area contributed by atoms with Gasteiger partial charge in [0.25, 0.3) is 15.2 Å². The number of hydrogen-bond acceptors (Lipinski definition) is 5. The van der Waals surface area contributed by atoms with E-state index in [9.17, 15) is 8.42 Å². The second kappa shape index (κ2) is 5.45. The van der Waals surface area contributed by atoms with Crippen LogP contribution in [0, 0.1) is 0 Å². The van der Waals surface area contributed by atoms with Gasteiger partial charge in [-0.15, -0.1) is 10.2 Å². The van der Waals surface area contributed by atoms with Crippen molar-refractivity contribution in [3.05, 3.63) is 35.9 Å². The van der Waals surface area contributed by atoms with E-state index in [2.05, 4.69) is 15.2 Å². The molecule has 0 aromatic carbocycles. The van der Waals surface area contributed by atoms with Crippen LogP contribution in [-0.4, -0.2) is 28.2 Å². The Labute approximate surface area is 111 Å². The van der Waals surface area contributed by atoms with E-state index in [0.717, 1.165) is 12.0 Å². The number of aromatic nitrogens is 4. The lowest BCUT2D eigenvalue weighted by Crippen LogP contribution is -2.19. The van der Waals surface area contributed by atoms with E-state index >= 15 is 0 Å². The van der Waals surface area contributed by atoms with Gasteiger partial charge in [-0.2, -0.15) is 0 Å². The number of nitrogens with two attached hydrogens (primary N) is 1. The van der Waals surface area contributed by atoms with E-state index in [1.807, 2.05) is 19.1 Å². The monoisotopic (exact) mass is 281 g/mol.